The first-order valence-corrected chi connectivity index (χ1v) is 8.26. The SMILES string of the molecule is NC(CCCCNC(=O)OCCCCC(CON(O)O)ON(O)O)C(=O)O. The lowest BCUT2D eigenvalue weighted by Gasteiger charge is -2.18. The number of hydrogen-bond donors (Lipinski definition) is 7. The minimum Gasteiger partial charge on any atom is -0.480 e. The monoisotopic (exact) mass is 400 g/mol. The Morgan fingerprint density at radius 2 is 1.67 bits per heavy atom. The molecule has 0 fully saturated rings. The lowest BCUT2D eigenvalue weighted by Crippen LogP contribution is -2.31. The molecule has 0 aromatic rings. The molecule has 0 rings (SSSR count). The topological polar surface area (TPSA) is 208 Å². The van der Waals surface area contributed by atoms with Crippen molar-refractivity contribution in [3.8, 4) is 0 Å². The zero-order valence-electron chi connectivity index (χ0n) is 14.8. The molecule has 27 heavy (non-hydrogen) atoms. The molecular formula is C13H28N4O10. The molecule has 160 valence electrons. The van der Waals surface area contributed by atoms with Crippen molar-refractivity contribution >= 4 is 12.1 Å². The van der Waals surface area contributed by atoms with Gasteiger partial charge in [-0.3, -0.25) is 25.6 Å². The molecule has 0 bridgehead atoms. The van der Waals surface area contributed by atoms with Gasteiger partial charge in [0.1, 0.15) is 18.8 Å². The molecule has 0 spiro atoms. The smallest absolute Gasteiger partial charge is 0.407 e. The number of alkyl carbamates (subject to hydrolysis) is 1. The zero-order chi connectivity index (χ0) is 20.7. The summed E-state index contributed by atoms with van der Waals surface area (Å²) in [5, 5.41) is 44.2. The van der Waals surface area contributed by atoms with Crippen LogP contribution in [0.3, 0.4) is 0 Å². The van der Waals surface area contributed by atoms with E-state index < -0.39 is 35.0 Å². The van der Waals surface area contributed by atoms with Crippen LogP contribution in [0.2, 0.25) is 0 Å². The van der Waals surface area contributed by atoms with E-state index in [9.17, 15) is 9.59 Å². The summed E-state index contributed by atoms with van der Waals surface area (Å²) in [6.07, 6.45) is 1.11. The molecular weight excluding hydrogens is 372 g/mol. The van der Waals surface area contributed by atoms with Crippen LogP contribution < -0.4 is 11.1 Å². The highest BCUT2D eigenvalue weighted by Crippen LogP contribution is 2.07. The Morgan fingerprint density at radius 1 is 1.00 bits per heavy atom. The second kappa shape index (κ2) is 15.4. The molecule has 8 N–H and O–H groups in total. The number of ether oxygens (including phenoxy) is 1. The number of aliphatic carboxylic acids is 1. The van der Waals surface area contributed by atoms with Gasteiger partial charge in [-0.15, -0.1) is 0 Å². The van der Waals surface area contributed by atoms with Crippen molar-refractivity contribution in [1.82, 2.24) is 16.1 Å². The Hall–Kier alpha value is -1.62. The van der Waals surface area contributed by atoms with Crippen molar-refractivity contribution < 1.29 is 49.9 Å². The maximum Gasteiger partial charge on any atom is 0.407 e. The number of nitrogens with one attached hydrogen (secondary N) is 1. The Bertz CT molecular complexity index is 413. The summed E-state index contributed by atoms with van der Waals surface area (Å²) >= 11 is 0. The number of unbranched alkanes of at least 4 members (excludes halogenated alkanes) is 2. The minimum atomic E-state index is -1.06. The zero-order valence-corrected chi connectivity index (χ0v) is 14.8. The fourth-order valence-electron chi connectivity index (χ4n) is 1.94. The summed E-state index contributed by atoms with van der Waals surface area (Å²) in [6.45, 7) is 0.0783. The number of amides is 1. The fourth-order valence-corrected chi connectivity index (χ4v) is 1.94. The minimum absolute atomic E-state index is 0.109. The number of carboxylic acid groups (broad SMARTS) is 1. The molecule has 0 aliphatic heterocycles. The van der Waals surface area contributed by atoms with E-state index in [0.29, 0.717) is 38.6 Å². The lowest BCUT2D eigenvalue weighted by molar-refractivity contribution is -0.527. The summed E-state index contributed by atoms with van der Waals surface area (Å²) in [5.41, 5.74) is 5.35. The second-order valence-electron chi connectivity index (χ2n) is 5.53. The average molecular weight is 400 g/mol. The predicted molar refractivity (Wildman–Crippen MR) is 84.3 cm³/mol. The first-order valence-electron chi connectivity index (χ1n) is 8.26. The summed E-state index contributed by atoms with van der Waals surface area (Å²) in [6, 6.07) is -0.906. The first kappa shape index (κ1) is 25.4. The van der Waals surface area contributed by atoms with Gasteiger partial charge in [0.05, 0.1) is 17.4 Å². The predicted octanol–water partition coefficient (Wildman–Crippen LogP) is -0.142. The van der Waals surface area contributed by atoms with E-state index in [0.717, 1.165) is 0 Å². The molecule has 0 radical (unpaired) electrons. The highest BCUT2D eigenvalue weighted by Gasteiger charge is 2.15. The number of carbonyl (C=O) groups excluding carboxylic acids is 1. The molecule has 14 nitrogen and oxygen atoms in total. The molecule has 0 aromatic heterocycles. The molecule has 2 atom stereocenters. The van der Waals surface area contributed by atoms with Crippen LogP contribution in [-0.2, 0) is 19.2 Å². The molecule has 0 saturated carbocycles. The quantitative estimate of drug-likeness (QED) is 0.133. The van der Waals surface area contributed by atoms with Gasteiger partial charge < -0.3 is 20.9 Å². The third-order valence-corrected chi connectivity index (χ3v) is 3.30. The first-order chi connectivity index (χ1) is 12.7. The molecule has 2 unspecified atom stereocenters. The molecule has 0 saturated heterocycles. The second-order valence-corrected chi connectivity index (χ2v) is 5.53. The van der Waals surface area contributed by atoms with Gasteiger partial charge in [0.25, 0.3) is 0 Å². The molecule has 1 amide bonds. The Labute approximate surface area is 155 Å². The van der Waals surface area contributed by atoms with E-state index in [-0.39, 0.29) is 19.6 Å². The van der Waals surface area contributed by atoms with Crippen LogP contribution in [0.5, 0.6) is 0 Å². The molecule has 0 aliphatic rings. The van der Waals surface area contributed by atoms with Gasteiger partial charge in [-0.1, -0.05) is 0 Å². The molecule has 0 heterocycles. The van der Waals surface area contributed by atoms with E-state index in [1.807, 2.05) is 0 Å². The van der Waals surface area contributed by atoms with Crippen LogP contribution in [0, 0.1) is 0 Å². The van der Waals surface area contributed by atoms with Gasteiger partial charge >= 0.3 is 12.1 Å². The number of carboxylic acids is 1. The summed E-state index contributed by atoms with van der Waals surface area (Å²) in [5.74, 6) is -1.06. The van der Waals surface area contributed by atoms with E-state index >= 15 is 0 Å². The maximum absolute atomic E-state index is 11.4. The van der Waals surface area contributed by atoms with Gasteiger partial charge in [0, 0.05) is 6.54 Å². The standard InChI is InChI=1S/C13H28N4O10/c14-11(12(18)19)6-1-3-7-15-13(20)25-8-4-2-5-10(27-17(23)24)9-26-16(21)22/h10-11,21-24H,1-9,14H2,(H,15,20)(H,18,19). The van der Waals surface area contributed by atoms with Crippen molar-refractivity contribution in [2.24, 2.45) is 5.73 Å². The Balaban J connectivity index is 3.71. The number of nitrogens with zero attached hydrogens (tertiary/aromatic N) is 2. The van der Waals surface area contributed by atoms with Crippen LogP contribution >= 0.6 is 0 Å². The number of rotatable bonds is 16. The van der Waals surface area contributed by atoms with Crippen molar-refractivity contribution in [2.75, 3.05) is 19.8 Å². The van der Waals surface area contributed by atoms with Crippen molar-refractivity contribution in [3.63, 3.8) is 0 Å². The maximum atomic E-state index is 11.4. The van der Waals surface area contributed by atoms with Crippen LogP contribution in [0.25, 0.3) is 0 Å². The van der Waals surface area contributed by atoms with Gasteiger partial charge in [0.15, 0.2) is 0 Å². The van der Waals surface area contributed by atoms with E-state index in [2.05, 4.69) is 15.0 Å². The van der Waals surface area contributed by atoms with Gasteiger partial charge in [-0.25, -0.2) is 14.5 Å². The highest BCUT2D eigenvalue weighted by atomic mass is 17.1. The largest absolute Gasteiger partial charge is 0.480 e. The van der Waals surface area contributed by atoms with Crippen molar-refractivity contribution in [1.29, 1.82) is 0 Å². The van der Waals surface area contributed by atoms with Gasteiger partial charge in [-0.2, -0.15) is 0 Å². The van der Waals surface area contributed by atoms with Crippen molar-refractivity contribution in [2.45, 2.75) is 50.7 Å². The van der Waals surface area contributed by atoms with Crippen LogP contribution in [0.1, 0.15) is 38.5 Å². The summed E-state index contributed by atoms with van der Waals surface area (Å²) in [7, 11) is 0. The van der Waals surface area contributed by atoms with Gasteiger partial charge in [-0.05, 0) is 38.5 Å². The molecule has 0 aromatic carbocycles. The Morgan fingerprint density at radius 3 is 2.26 bits per heavy atom. The third-order valence-electron chi connectivity index (χ3n) is 3.30. The van der Waals surface area contributed by atoms with Gasteiger partial charge in [0.2, 0.25) is 0 Å². The van der Waals surface area contributed by atoms with Crippen molar-refractivity contribution in [3.05, 3.63) is 0 Å². The molecule has 0 aliphatic carbocycles. The van der Waals surface area contributed by atoms with Crippen LogP contribution in [0.4, 0.5) is 4.79 Å². The average Bonchev–Trinajstić information content (AvgIpc) is 2.57. The lowest BCUT2D eigenvalue weighted by atomic mass is 10.1. The normalized spacial score (nSPS) is 13.6. The summed E-state index contributed by atoms with van der Waals surface area (Å²) in [4.78, 5) is 30.8. The molecule has 14 heteroatoms. The van der Waals surface area contributed by atoms with E-state index in [4.69, 9.17) is 36.4 Å². The third kappa shape index (κ3) is 16.3. The number of hydrogen-bond acceptors (Lipinski definition) is 12. The van der Waals surface area contributed by atoms with E-state index in [1.165, 1.54) is 0 Å². The number of carbonyl (C=O) groups is 2. The Kier molecular flexibility index (Phi) is 14.5. The summed E-state index contributed by atoms with van der Waals surface area (Å²) < 4.78 is 4.93. The van der Waals surface area contributed by atoms with Crippen LogP contribution in [-0.4, -0.2) is 80.7 Å². The fraction of sp³-hybridized carbons (Fsp3) is 0.846. The highest BCUT2D eigenvalue weighted by molar-refractivity contribution is 5.72. The number of nitrogens with two attached hydrogens (primary N) is 1. The van der Waals surface area contributed by atoms with Crippen LogP contribution in [0.15, 0.2) is 0 Å². The van der Waals surface area contributed by atoms with E-state index in [1.54, 1.807) is 0 Å².